The summed E-state index contributed by atoms with van der Waals surface area (Å²) in [5.41, 5.74) is 3.53. The van der Waals surface area contributed by atoms with E-state index in [1.165, 1.54) is 0 Å². The summed E-state index contributed by atoms with van der Waals surface area (Å²) in [5.74, 6) is -0.160. The number of carbonyl (C=O) groups excluding carboxylic acids is 1. The maximum atomic E-state index is 11.8. The second-order valence-electron chi connectivity index (χ2n) is 4.91. The van der Waals surface area contributed by atoms with Crippen molar-refractivity contribution in [1.82, 2.24) is 5.43 Å². The molecule has 0 bridgehead atoms. The number of carbonyl (C=O) groups is 1. The largest absolute Gasteiger partial charge is 0.305 e. The molecule has 0 unspecified atom stereocenters. The molecule has 0 spiro atoms. The van der Waals surface area contributed by atoms with Crippen molar-refractivity contribution < 1.29 is 9.36 Å². The lowest BCUT2D eigenvalue weighted by Gasteiger charge is -2.01. The number of fused-ring (bicyclic) bond motifs is 1. The number of rotatable bonds is 4. The van der Waals surface area contributed by atoms with Crippen LogP contribution in [0.5, 0.6) is 0 Å². The fourth-order valence-corrected chi connectivity index (χ4v) is 2.28. The van der Waals surface area contributed by atoms with E-state index >= 15 is 0 Å². The molecular weight excluding hydrogens is 274 g/mol. The standard InChI is InChI=1S/C18H15N3O/c22-18(14-21-11-4-1-5-12-21)20-19-13-16-9-6-8-15-7-2-3-10-17(15)16/h1-13H,14H2/p+1/b19-13-. The van der Waals surface area contributed by atoms with Gasteiger partial charge in [0.25, 0.3) is 0 Å². The van der Waals surface area contributed by atoms with Crippen molar-refractivity contribution in [2.24, 2.45) is 5.10 Å². The number of aromatic nitrogens is 1. The van der Waals surface area contributed by atoms with Gasteiger partial charge in [0.15, 0.2) is 12.4 Å². The Hall–Kier alpha value is -3.01. The van der Waals surface area contributed by atoms with Crippen molar-refractivity contribution in [3.8, 4) is 0 Å². The van der Waals surface area contributed by atoms with Gasteiger partial charge in [0.1, 0.15) is 0 Å². The van der Waals surface area contributed by atoms with Crippen LogP contribution in [0.3, 0.4) is 0 Å². The fraction of sp³-hybridized carbons (Fsp3) is 0.0556. The Bertz CT molecular complexity index is 807. The van der Waals surface area contributed by atoms with Crippen molar-refractivity contribution in [3.05, 3.63) is 78.6 Å². The number of hydrogen-bond donors (Lipinski definition) is 1. The molecule has 22 heavy (non-hydrogen) atoms. The summed E-state index contributed by atoms with van der Waals surface area (Å²) in [5, 5.41) is 6.31. The lowest BCUT2D eigenvalue weighted by atomic mass is 10.1. The Morgan fingerprint density at radius 2 is 1.77 bits per heavy atom. The van der Waals surface area contributed by atoms with Crippen LogP contribution in [0.25, 0.3) is 10.8 Å². The number of nitrogens with one attached hydrogen (secondary N) is 1. The van der Waals surface area contributed by atoms with Crippen LogP contribution < -0.4 is 9.99 Å². The summed E-state index contributed by atoms with van der Waals surface area (Å²) in [6.07, 6.45) is 5.36. The molecule has 3 rings (SSSR count). The van der Waals surface area contributed by atoms with Gasteiger partial charge in [-0.25, -0.2) is 5.43 Å². The van der Waals surface area contributed by atoms with E-state index in [-0.39, 0.29) is 12.5 Å². The van der Waals surface area contributed by atoms with Crippen molar-refractivity contribution in [2.75, 3.05) is 0 Å². The number of benzene rings is 2. The molecule has 1 aromatic heterocycles. The van der Waals surface area contributed by atoms with Gasteiger partial charge >= 0.3 is 5.91 Å². The first-order chi connectivity index (χ1) is 10.8. The first-order valence-corrected chi connectivity index (χ1v) is 7.07. The zero-order valence-corrected chi connectivity index (χ0v) is 12.0. The van der Waals surface area contributed by atoms with E-state index in [0.29, 0.717) is 0 Å². The molecule has 4 nitrogen and oxygen atoms in total. The van der Waals surface area contributed by atoms with E-state index in [0.717, 1.165) is 16.3 Å². The molecule has 3 aromatic rings. The molecule has 0 fully saturated rings. The van der Waals surface area contributed by atoms with Gasteiger partial charge in [-0.2, -0.15) is 9.67 Å². The molecule has 0 atom stereocenters. The van der Waals surface area contributed by atoms with Crippen LogP contribution in [0.15, 0.2) is 78.2 Å². The zero-order valence-electron chi connectivity index (χ0n) is 12.0. The van der Waals surface area contributed by atoms with Crippen LogP contribution in [0.2, 0.25) is 0 Å². The summed E-state index contributed by atoms with van der Waals surface area (Å²) in [4.78, 5) is 11.8. The maximum Gasteiger partial charge on any atom is 0.305 e. The van der Waals surface area contributed by atoms with Crippen molar-refractivity contribution >= 4 is 22.9 Å². The quantitative estimate of drug-likeness (QED) is 0.447. The van der Waals surface area contributed by atoms with Gasteiger partial charge in [0.05, 0.1) is 6.21 Å². The van der Waals surface area contributed by atoms with E-state index in [2.05, 4.69) is 22.7 Å². The molecule has 0 radical (unpaired) electrons. The third-order valence-corrected chi connectivity index (χ3v) is 3.32. The number of amides is 1. The Labute approximate surface area is 128 Å². The van der Waals surface area contributed by atoms with E-state index in [1.807, 2.05) is 60.9 Å². The fourth-order valence-electron chi connectivity index (χ4n) is 2.28. The van der Waals surface area contributed by atoms with Gasteiger partial charge in [-0.15, -0.1) is 0 Å². The highest BCUT2D eigenvalue weighted by Crippen LogP contribution is 2.16. The smallest absolute Gasteiger partial charge is 0.266 e. The van der Waals surface area contributed by atoms with E-state index in [9.17, 15) is 4.79 Å². The van der Waals surface area contributed by atoms with Crippen LogP contribution in [0, 0.1) is 0 Å². The van der Waals surface area contributed by atoms with E-state index in [1.54, 1.807) is 10.8 Å². The predicted molar refractivity (Wildman–Crippen MR) is 86.3 cm³/mol. The maximum absolute atomic E-state index is 11.8. The lowest BCUT2D eigenvalue weighted by Crippen LogP contribution is -2.40. The van der Waals surface area contributed by atoms with Crippen molar-refractivity contribution in [3.63, 3.8) is 0 Å². The van der Waals surface area contributed by atoms with Crippen LogP contribution in [0.4, 0.5) is 0 Å². The van der Waals surface area contributed by atoms with Crippen molar-refractivity contribution in [2.45, 2.75) is 6.54 Å². The van der Waals surface area contributed by atoms with Crippen molar-refractivity contribution in [1.29, 1.82) is 0 Å². The Kier molecular flexibility index (Phi) is 4.20. The molecule has 1 N–H and O–H groups in total. The van der Waals surface area contributed by atoms with Gasteiger partial charge in [-0.3, -0.25) is 4.79 Å². The normalized spacial score (nSPS) is 10.9. The molecule has 1 heterocycles. The molecule has 108 valence electrons. The molecule has 2 aromatic carbocycles. The molecule has 0 aliphatic rings. The summed E-state index contributed by atoms with van der Waals surface area (Å²) < 4.78 is 1.79. The minimum absolute atomic E-state index is 0.160. The monoisotopic (exact) mass is 290 g/mol. The Morgan fingerprint density at radius 3 is 2.64 bits per heavy atom. The van der Waals surface area contributed by atoms with Crippen LogP contribution in [-0.4, -0.2) is 12.1 Å². The first kappa shape index (κ1) is 13.9. The molecule has 0 saturated heterocycles. The predicted octanol–water partition coefficient (Wildman–Crippen LogP) is 2.28. The highest BCUT2D eigenvalue weighted by molar-refractivity contribution is 5.99. The third-order valence-electron chi connectivity index (χ3n) is 3.32. The SMILES string of the molecule is O=C(C[n+]1ccccc1)N/N=C\c1cccc2ccccc12. The van der Waals surface area contributed by atoms with Gasteiger partial charge in [-0.1, -0.05) is 48.5 Å². The molecule has 0 aliphatic carbocycles. The molecular formula is C18H16N3O+. The number of hydrazone groups is 1. The highest BCUT2D eigenvalue weighted by Gasteiger charge is 2.06. The molecule has 0 saturated carbocycles. The minimum atomic E-state index is -0.160. The first-order valence-electron chi connectivity index (χ1n) is 7.07. The number of nitrogens with zero attached hydrogens (tertiary/aromatic N) is 2. The topological polar surface area (TPSA) is 45.3 Å². The molecule has 4 heteroatoms. The summed E-state index contributed by atoms with van der Waals surface area (Å²) in [6, 6.07) is 19.8. The Morgan fingerprint density at radius 1 is 1.00 bits per heavy atom. The average Bonchev–Trinajstić information content (AvgIpc) is 2.56. The van der Waals surface area contributed by atoms with Gasteiger partial charge < -0.3 is 0 Å². The number of pyridine rings is 1. The molecule has 0 aliphatic heterocycles. The second kappa shape index (κ2) is 6.63. The van der Waals surface area contributed by atoms with Crippen LogP contribution in [0.1, 0.15) is 5.56 Å². The van der Waals surface area contributed by atoms with E-state index < -0.39 is 0 Å². The average molecular weight is 290 g/mol. The third kappa shape index (κ3) is 3.35. The van der Waals surface area contributed by atoms with Crippen LogP contribution >= 0.6 is 0 Å². The second-order valence-corrected chi connectivity index (χ2v) is 4.91. The number of hydrogen-bond acceptors (Lipinski definition) is 2. The summed E-state index contributed by atoms with van der Waals surface area (Å²) in [6.45, 7) is 0.244. The van der Waals surface area contributed by atoms with E-state index in [4.69, 9.17) is 0 Å². The summed E-state index contributed by atoms with van der Waals surface area (Å²) in [7, 11) is 0. The minimum Gasteiger partial charge on any atom is -0.266 e. The van der Waals surface area contributed by atoms with Crippen LogP contribution in [-0.2, 0) is 11.3 Å². The Balaban J connectivity index is 1.67. The van der Waals surface area contributed by atoms with Gasteiger partial charge in [0, 0.05) is 17.7 Å². The summed E-state index contributed by atoms with van der Waals surface area (Å²) >= 11 is 0. The molecule has 1 amide bonds. The van der Waals surface area contributed by atoms with Gasteiger partial charge in [0.2, 0.25) is 6.54 Å². The highest BCUT2D eigenvalue weighted by atomic mass is 16.2. The van der Waals surface area contributed by atoms with Gasteiger partial charge in [-0.05, 0) is 10.8 Å². The lowest BCUT2D eigenvalue weighted by molar-refractivity contribution is -0.684. The zero-order chi connectivity index (χ0) is 15.2.